The van der Waals surface area contributed by atoms with E-state index in [-0.39, 0.29) is 5.70 Å². The SMILES string of the molecule is CN(C(=O)CCC(F)(F)F)/C(=C/Nc1cncc(I)c1)C(=N)Cl. The first-order chi connectivity index (χ1) is 10.6. The maximum Gasteiger partial charge on any atom is 0.389 e. The summed E-state index contributed by atoms with van der Waals surface area (Å²) >= 11 is 7.67. The minimum Gasteiger partial charge on any atom is -0.358 e. The Bertz CT molecular complexity index is 621. The van der Waals surface area contributed by atoms with E-state index in [9.17, 15) is 18.0 Å². The molecule has 1 aromatic rings. The van der Waals surface area contributed by atoms with Gasteiger partial charge in [-0.05, 0) is 28.7 Å². The van der Waals surface area contributed by atoms with E-state index in [1.807, 2.05) is 0 Å². The summed E-state index contributed by atoms with van der Waals surface area (Å²) in [6.07, 6.45) is -1.95. The maximum atomic E-state index is 12.2. The monoisotopic (exact) mass is 460 g/mol. The molecule has 2 N–H and O–H groups in total. The molecule has 0 saturated heterocycles. The predicted molar refractivity (Wildman–Crippen MR) is 90.3 cm³/mol. The number of allylic oxidation sites excluding steroid dienone is 1. The summed E-state index contributed by atoms with van der Waals surface area (Å²) in [4.78, 5) is 16.7. The molecule has 0 bridgehead atoms. The van der Waals surface area contributed by atoms with Crippen molar-refractivity contribution in [3.05, 3.63) is 33.9 Å². The molecule has 0 aliphatic rings. The molecule has 126 valence electrons. The third-order valence-corrected chi connectivity index (χ3v) is 3.45. The summed E-state index contributed by atoms with van der Waals surface area (Å²) in [6, 6.07) is 1.75. The minimum atomic E-state index is -4.42. The molecule has 1 rings (SSSR count). The summed E-state index contributed by atoms with van der Waals surface area (Å²) in [6.45, 7) is 0. The standard InChI is InChI=1S/C13H13ClF3IN4O/c1-22(11(23)2-3-13(15,16)17)10(12(14)19)7-21-9-4-8(18)5-20-6-9/h4-7,19,21H,2-3H2,1H3/b10-7+,19-12?. The van der Waals surface area contributed by atoms with Crippen LogP contribution in [0.15, 0.2) is 30.4 Å². The zero-order chi connectivity index (χ0) is 17.6. The van der Waals surface area contributed by atoms with E-state index < -0.39 is 30.1 Å². The van der Waals surface area contributed by atoms with Crippen LogP contribution >= 0.6 is 34.2 Å². The van der Waals surface area contributed by atoms with E-state index in [4.69, 9.17) is 17.0 Å². The molecule has 0 spiro atoms. The van der Waals surface area contributed by atoms with Crippen molar-refractivity contribution in [2.75, 3.05) is 12.4 Å². The number of carbonyl (C=O) groups is 1. The Morgan fingerprint density at radius 3 is 2.70 bits per heavy atom. The summed E-state index contributed by atoms with van der Waals surface area (Å²) in [5.74, 6) is -0.790. The van der Waals surface area contributed by atoms with Crippen LogP contribution in [0.4, 0.5) is 18.9 Å². The van der Waals surface area contributed by atoms with Gasteiger partial charge in [0.05, 0.1) is 24.0 Å². The van der Waals surface area contributed by atoms with Gasteiger partial charge in [0.25, 0.3) is 0 Å². The lowest BCUT2D eigenvalue weighted by atomic mass is 10.2. The van der Waals surface area contributed by atoms with Crippen LogP contribution < -0.4 is 5.32 Å². The van der Waals surface area contributed by atoms with E-state index in [0.29, 0.717) is 5.69 Å². The molecule has 0 atom stereocenters. The second-order valence-corrected chi connectivity index (χ2v) is 6.07. The van der Waals surface area contributed by atoms with Gasteiger partial charge in [0.1, 0.15) is 5.17 Å². The predicted octanol–water partition coefficient (Wildman–Crippen LogP) is 3.96. The molecule has 1 amide bonds. The van der Waals surface area contributed by atoms with Gasteiger partial charge in [-0.1, -0.05) is 11.6 Å². The Kier molecular flexibility index (Phi) is 7.26. The number of nitrogens with zero attached hydrogens (tertiary/aromatic N) is 2. The highest BCUT2D eigenvalue weighted by molar-refractivity contribution is 14.1. The quantitative estimate of drug-likeness (QED) is 0.499. The molecule has 0 aromatic carbocycles. The number of hydrogen-bond donors (Lipinski definition) is 2. The third-order valence-electron chi connectivity index (χ3n) is 2.66. The molecule has 23 heavy (non-hydrogen) atoms. The first kappa shape index (κ1) is 19.7. The van der Waals surface area contributed by atoms with Crippen molar-refractivity contribution in [2.45, 2.75) is 19.0 Å². The fraction of sp³-hybridized carbons (Fsp3) is 0.308. The third kappa shape index (κ3) is 7.16. The van der Waals surface area contributed by atoms with E-state index in [0.717, 1.165) is 8.47 Å². The number of pyridine rings is 1. The molecule has 0 unspecified atom stereocenters. The smallest absolute Gasteiger partial charge is 0.358 e. The van der Waals surface area contributed by atoms with Crippen molar-refractivity contribution < 1.29 is 18.0 Å². The van der Waals surface area contributed by atoms with Crippen LogP contribution in [-0.2, 0) is 4.79 Å². The van der Waals surface area contributed by atoms with Crippen molar-refractivity contribution in [3.63, 3.8) is 0 Å². The topological polar surface area (TPSA) is 69.1 Å². The Balaban J connectivity index is 2.82. The van der Waals surface area contributed by atoms with Gasteiger partial charge in [0.15, 0.2) is 0 Å². The first-order valence-electron chi connectivity index (χ1n) is 6.25. The molecular formula is C13H13ClF3IN4O. The fourth-order valence-electron chi connectivity index (χ4n) is 1.50. The molecule has 5 nitrogen and oxygen atoms in total. The highest BCUT2D eigenvalue weighted by atomic mass is 127. The van der Waals surface area contributed by atoms with Crippen LogP contribution in [0.25, 0.3) is 0 Å². The van der Waals surface area contributed by atoms with Gasteiger partial charge in [0.2, 0.25) is 5.91 Å². The lowest BCUT2D eigenvalue weighted by molar-refractivity contribution is -0.147. The normalized spacial score (nSPS) is 12.0. The first-order valence-corrected chi connectivity index (χ1v) is 7.71. The molecule has 1 heterocycles. The summed E-state index contributed by atoms with van der Waals surface area (Å²) in [5.41, 5.74) is 0.543. The minimum absolute atomic E-state index is 0.0438. The number of amides is 1. The number of rotatable bonds is 6. The Morgan fingerprint density at radius 2 is 2.17 bits per heavy atom. The molecular weight excluding hydrogens is 448 g/mol. The number of alkyl halides is 3. The van der Waals surface area contributed by atoms with Gasteiger partial charge >= 0.3 is 6.18 Å². The zero-order valence-electron chi connectivity index (χ0n) is 11.9. The Morgan fingerprint density at radius 1 is 1.52 bits per heavy atom. The summed E-state index contributed by atoms with van der Waals surface area (Å²) in [7, 11) is 1.26. The van der Waals surface area contributed by atoms with Gasteiger partial charge in [-0.2, -0.15) is 13.2 Å². The van der Waals surface area contributed by atoms with E-state index in [1.165, 1.54) is 19.4 Å². The van der Waals surface area contributed by atoms with Crippen LogP contribution in [0.1, 0.15) is 12.8 Å². The van der Waals surface area contributed by atoms with Crippen molar-refractivity contribution in [3.8, 4) is 0 Å². The maximum absolute atomic E-state index is 12.2. The summed E-state index contributed by atoms with van der Waals surface area (Å²) in [5, 5.41) is 9.79. The van der Waals surface area contributed by atoms with Gasteiger partial charge in [-0.25, -0.2) is 0 Å². The lowest BCUT2D eigenvalue weighted by Gasteiger charge is -2.20. The van der Waals surface area contributed by atoms with Crippen molar-refractivity contribution >= 4 is 51.0 Å². The van der Waals surface area contributed by atoms with Crippen LogP contribution in [0.2, 0.25) is 0 Å². The highest BCUT2D eigenvalue weighted by Gasteiger charge is 2.29. The average Bonchev–Trinajstić information content (AvgIpc) is 2.43. The number of nitrogens with one attached hydrogen (secondary N) is 2. The van der Waals surface area contributed by atoms with E-state index in [1.54, 1.807) is 12.3 Å². The van der Waals surface area contributed by atoms with Crippen LogP contribution in [-0.4, -0.2) is 34.2 Å². The van der Waals surface area contributed by atoms with E-state index >= 15 is 0 Å². The van der Waals surface area contributed by atoms with Gasteiger partial charge < -0.3 is 10.2 Å². The molecule has 1 aromatic heterocycles. The number of anilines is 1. The number of hydrogen-bond acceptors (Lipinski definition) is 4. The average molecular weight is 461 g/mol. The Hall–Kier alpha value is -1.36. The van der Waals surface area contributed by atoms with Crippen LogP contribution in [0.3, 0.4) is 0 Å². The number of halogens is 5. The van der Waals surface area contributed by atoms with Crippen molar-refractivity contribution in [1.29, 1.82) is 5.41 Å². The van der Waals surface area contributed by atoms with Crippen LogP contribution in [0, 0.1) is 8.98 Å². The lowest BCUT2D eigenvalue weighted by Crippen LogP contribution is -2.30. The second kappa shape index (κ2) is 8.48. The molecule has 0 aliphatic heterocycles. The fourth-order valence-corrected chi connectivity index (χ4v) is 2.18. The molecule has 0 saturated carbocycles. The van der Waals surface area contributed by atoms with Crippen molar-refractivity contribution in [2.24, 2.45) is 0 Å². The van der Waals surface area contributed by atoms with Gasteiger partial charge in [-0.15, -0.1) is 0 Å². The van der Waals surface area contributed by atoms with Crippen LogP contribution in [0.5, 0.6) is 0 Å². The molecule has 0 aliphatic carbocycles. The highest BCUT2D eigenvalue weighted by Crippen LogP contribution is 2.22. The number of carbonyl (C=O) groups excluding carboxylic acids is 1. The van der Waals surface area contributed by atoms with Gasteiger partial charge in [0, 0.05) is 29.4 Å². The molecule has 10 heteroatoms. The summed E-state index contributed by atoms with van der Waals surface area (Å²) < 4.78 is 37.4. The van der Waals surface area contributed by atoms with Gasteiger partial charge in [-0.3, -0.25) is 15.2 Å². The largest absolute Gasteiger partial charge is 0.389 e. The molecule has 0 radical (unpaired) electrons. The number of aromatic nitrogens is 1. The second-order valence-electron chi connectivity index (χ2n) is 4.45. The molecule has 0 fully saturated rings. The van der Waals surface area contributed by atoms with E-state index in [2.05, 4.69) is 32.9 Å². The Labute approximate surface area is 149 Å². The zero-order valence-corrected chi connectivity index (χ0v) is 14.8. The van der Waals surface area contributed by atoms with Crippen molar-refractivity contribution in [1.82, 2.24) is 9.88 Å².